The molecule has 3 rings (SSSR count). The summed E-state index contributed by atoms with van der Waals surface area (Å²) < 4.78 is 25.9. The van der Waals surface area contributed by atoms with Crippen molar-refractivity contribution in [2.75, 3.05) is 0 Å². The summed E-state index contributed by atoms with van der Waals surface area (Å²) in [4.78, 5) is 0.544. The number of hydrogen-bond donors (Lipinski definition) is 0. The molecule has 0 radical (unpaired) electrons. The van der Waals surface area contributed by atoms with Gasteiger partial charge < -0.3 is 0 Å². The second-order valence-electron chi connectivity index (χ2n) is 7.04. The van der Waals surface area contributed by atoms with Gasteiger partial charge in [-0.3, -0.25) is 0 Å². The number of alkyl halides is 1. The summed E-state index contributed by atoms with van der Waals surface area (Å²) in [6.07, 6.45) is 12.3. The number of sulfone groups is 1. The van der Waals surface area contributed by atoms with Crippen LogP contribution in [0.4, 0.5) is 0 Å². The van der Waals surface area contributed by atoms with Crippen molar-refractivity contribution >= 4 is 33.0 Å². The topological polar surface area (TPSA) is 34.1 Å². The molecule has 0 amide bonds. The van der Waals surface area contributed by atoms with Crippen LogP contribution < -0.4 is 0 Å². The molecule has 1 aromatic rings. The minimum absolute atomic E-state index is 0.223. The third-order valence-electron chi connectivity index (χ3n) is 5.20. The highest BCUT2D eigenvalue weighted by molar-refractivity contribution is 7.95. The van der Waals surface area contributed by atoms with Gasteiger partial charge in [-0.2, -0.15) is 0 Å². The van der Waals surface area contributed by atoms with E-state index >= 15 is 0 Å². The van der Waals surface area contributed by atoms with E-state index in [-0.39, 0.29) is 21.7 Å². The molecule has 1 unspecified atom stereocenters. The van der Waals surface area contributed by atoms with E-state index in [2.05, 4.69) is 0 Å². The summed E-state index contributed by atoms with van der Waals surface area (Å²) in [5.41, 5.74) is 1.08. The zero-order chi connectivity index (χ0) is 17.9. The average Bonchev–Trinajstić information content (AvgIpc) is 2.63. The zero-order valence-electron chi connectivity index (χ0n) is 14.3. The molecule has 25 heavy (non-hydrogen) atoms. The van der Waals surface area contributed by atoms with Gasteiger partial charge >= 0.3 is 0 Å². The van der Waals surface area contributed by atoms with Crippen LogP contribution in [0.2, 0.25) is 0 Å². The molecule has 136 valence electrons. The summed E-state index contributed by atoms with van der Waals surface area (Å²) >= 11 is 12.2. The van der Waals surface area contributed by atoms with Crippen molar-refractivity contribution in [3.63, 3.8) is 0 Å². The van der Waals surface area contributed by atoms with Gasteiger partial charge in [0.2, 0.25) is 9.84 Å². The molecule has 2 aliphatic carbocycles. The third-order valence-corrected chi connectivity index (χ3v) is 7.87. The second kappa shape index (κ2) is 8.28. The van der Waals surface area contributed by atoms with Crippen molar-refractivity contribution < 1.29 is 8.42 Å². The monoisotopic (exact) mass is 398 g/mol. The highest BCUT2D eigenvalue weighted by Crippen LogP contribution is 2.34. The lowest BCUT2D eigenvalue weighted by molar-refractivity contribution is 0.339. The van der Waals surface area contributed by atoms with E-state index in [0.717, 1.165) is 24.3 Å². The molecule has 1 fully saturated rings. The summed E-state index contributed by atoms with van der Waals surface area (Å²) in [5.74, 6) is 0.784. The molecule has 0 N–H and O–H groups in total. The van der Waals surface area contributed by atoms with Gasteiger partial charge in [-0.05, 0) is 42.5 Å². The molecule has 2 aliphatic rings. The Hall–Kier alpha value is -0.770. The third kappa shape index (κ3) is 4.69. The Labute approximate surface area is 160 Å². The van der Waals surface area contributed by atoms with Gasteiger partial charge in [0.1, 0.15) is 0 Å². The highest BCUT2D eigenvalue weighted by atomic mass is 35.5. The first-order chi connectivity index (χ1) is 12.0. The molecular weight excluding hydrogens is 375 g/mol. The van der Waals surface area contributed by atoms with Crippen molar-refractivity contribution in [1.82, 2.24) is 0 Å². The lowest BCUT2D eigenvalue weighted by Gasteiger charge is -2.21. The van der Waals surface area contributed by atoms with Crippen LogP contribution in [0.15, 0.2) is 51.3 Å². The van der Waals surface area contributed by atoms with Crippen molar-refractivity contribution in [1.29, 1.82) is 0 Å². The molecule has 1 aromatic carbocycles. The number of rotatable bonds is 5. The first kappa shape index (κ1) is 19.0. The van der Waals surface area contributed by atoms with Crippen LogP contribution in [0.25, 0.3) is 0 Å². The van der Waals surface area contributed by atoms with Gasteiger partial charge in [-0.25, -0.2) is 8.42 Å². The predicted molar refractivity (Wildman–Crippen MR) is 105 cm³/mol. The fourth-order valence-corrected chi connectivity index (χ4v) is 6.07. The Morgan fingerprint density at radius 2 is 1.88 bits per heavy atom. The van der Waals surface area contributed by atoms with E-state index in [1.54, 1.807) is 24.3 Å². The van der Waals surface area contributed by atoms with E-state index in [0.29, 0.717) is 4.90 Å². The van der Waals surface area contributed by atoms with Crippen LogP contribution >= 0.6 is 23.2 Å². The van der Waals surface area contributed by atoms with E-state index in [4.69, 9.17) is 23.2 Å². The Kier molecular flexibility index (Phi) is 6.30. The number of halogens is 2. The fraction of sp³-hybridized carbons (Fsp3) is 0.500. The molecule has 0 bridgehead atoms. The molecule has 1 saturated carbocycles. The van der Waals surface area contributed by atoms with Crippen molar-refractivity contribution in [2.45, 2.75) is 61.6 Å². The molecule has 5 heteroatoms. The smallest absolute Gasteiger partial charge is 0.204 e. The Morgan fingerprint density at radius 3 is 2.64 bits per heavy atom. The number of aryl methyl sites for hydroxylation is 1. The molecule has 0 aliphatic heterocycles. The van der Waals surface area contributed by atoms with Crippen molar-refractivity contribution in [3.8, 4) is 0 Å². The Balaban J connectivity index is 1.77. The maximum atomic E-state index is 13.0. The second-order valence-corrected chi connectivity index (χ2v) is 9.98. The maximum Gasteiger partial charge on any atom is 0.204 e. The molecule has 0 spiro atoms. The first-order valence-electron chi connectivity index (χ1n) is 9.02. The van der Waals surface area contributed by atoms with Crippen LogP contribution in [0.1, 0.15) is 50.5 Å². The lowest BCUT2D eigenvalue weighted by Crippen LogP contribution is -2.13. The van der Waals surface area contributed by atoms with Crippen LogP contribution in [-0.2, 0) is 16.3 Å². The van der Waals surface area contributed by atoms with Gasteiger partial charge in [0.15, 0.2) is 0 Å². The van der Waals surface area contributed by atoms with Gasteiger partial charge in [-0.15, -0.1) is 11.6 Å². The number of allylic oxidation sites excluding steroid dienone is 4. The summed E-state index contributed by atoms with van der Waals surface area (Å²) in [6, 6.07) is 7.30. The summed E-state index contributed by atoms with van der Waals surface area (Å²) in [5, 5.41) is -0.0636. The molecule has 0 saturated heterocycles. The average molecular weight is 399 g/mol. The Bertz CT molecular complexity index is 775. The molecule has 2 nitrogen and oxygen atoms in total. The number of benzene rings is 1. The fourth-order valence-electron chi connectivity index (χ4n) is 3.72. The standard InChI is InChI=1S/C20H24Cl2O2S/c21-17-11-12-19(22)20(14-17)25(23,24)18-8-4-7-16(13-18)10-9-15-5-2-1-3-6-15/h4,7-8,11-13,15,17H,1-3,5-6,9-10,14H2. The normalized spacial score (nSPS) is 22.4. The molecule has 1 atom stereocenters. The van der Waals surface area contributed by atoms with Gasteiger partial charge in [0.25, 0.3) is 0 Å². The van der Waals surface area contributed by atoms with Crippen LogP contribution in [0.5, 0.6) is 0 Å². The van der Waals surface area contributed by atoms with E-state index < -0.39 is 9.84 Å². The summed E-state index contributed by atoms with van der Waals surface area (Å²) in [6.45, 7) is 0. The van der Waals surface area contributed by atoms with Crippen molar-refractivity contribution in [2.24, 2.45) is 5.92 Å². The van der Waals surface area contributed by atoms with Gasteiger partial charge in [-0.1, -0.05) is 61.9 Å². The van der Waals surface area contributed by atoms with Crippen LogP contribution in [0.3, 0.4) is 0 Å². The van der Waals surface area contributed by atoms with Gasteiger partial charge in [0, 0.05) is 6.42 Å². The molecular formula is C20H24Cl2O2S. The summed E-state index contributed by atoms with van der Waals surface area (Å²) in [7, 11) is -3.60. The molecule has 0 aromatic heterocycles. The van der Waals surface area contributed by atoms with E-state index in [1.807, 2.05) is 12.1 Å². The quantitative estimate of drug-likeness (QED) is 0.570. The number of hydrogen-bond acceptors (Lipinski definition) is 2. The highest BCUT2D eigenvalue weighted by Gasteiger charge is 2.27. The minimum atomic E-state index is -3.60. The Morgan fingerprint density at radius 1 is 1.12 bits per heavy atom. The largest absolute Gasteiger partial charge is 0.219 e. The lowest BCUT2D eigenvalue weighted by atomic mass is 9.85. The SMILES string of the molecule is O=S(=O)(C1=C(Cl)C=CC(Cl)C1)c1cccc(CCC2CCCCC2)c1. The van der Waals surface area contributed by atoms with Crippen molar-refractivity contribution in [3.05, 3.63) is 51.9 Å². The first-order valence-corrected chi connectivity index (χ1v) is 11.3. The predicted octanol–water partition coefficient (Wildman–Crippen LogP) is 5.99. The van der Waals surface area contributed by atoms with Gasteiger partial charge in [0.05, 0.1) is 20.2 Å². The van der Waals surface area contributed by atoms with Crippen LogP contribution in [0, 0.1) is 5.92 Å². The van der Waals surface area contributed by atoms with Crippen LogP contribution in [-0.4, -0.2) is 13.8 Å². The molecule has 0 heterocycles. The maximum absolute atomic E-state index is 13.0. The van der Waals surface area contributed by atoms with E-state index in [1.165, 1.54) is 32.1 Å². The zero-order valence-corrected chi connectivity index (χ0v) is 16.6. The minimum Gasteiger partial charge on any atom is -0.219 e. The van der Waals surface area contributed by atoms with E-state index in [9.17, 15) is 8.42 Å².